The molecule has 8 rings (SSSR count). The van der Waals surface area contributed by atoms with Gasteiger partial charge in [-0.1, -0.05) is 58.3 Å². The third-order valence-electron chi connectivity index (χ3n) is 10.2. The van der Waals surface area contributed by atoms with Gasteiger partial charge in [0.05, 0.1) is 39.2 Å². The van der Waals surface area contributed by atoms with E-state index in [1.807, 2.05) is 50.2 Å². The number of hydrogen-bond donors (Lipinski definition) is 2. The van der Waals surface area contributed by atoms with Crippen LogP contribution >= 0.6 is 46.3 Å². The molecule has 49 heavy (non-hydrogen) atoms. The van der Waals surface area contributed by atoms with Gasteiger partial charge < -0.3 is 19.8 Å². The number of fused-ring (bicyclic) bond motifs is 9. The number of anilines is 2. The van der Waals surface area contributed by atoms with Crippen molar-refractivity contribution in [3.63, 3.8) is 0 Å². The fourth-order valence-corrected chi connectivity index (χ4v) is 11.5. The molecule has 3 amide bonds. The van der Waals surface area contributed by atoms with E-state index in [1.54, 1.807) is 36.0 Å². The summed E-state index contributed by atoms with van der Waals surface area (Å²) in [6.07, 6.45) is 0.792. The lowest BCUT2D eigenvalue weighted by Crippen LogP contribution is -2.42. The van der Waals surface area contributed by atoms with Crippen molar-refractivity contribution >= 4 is 75.4 Å². The topological polar surface area (TPSA) is 118 Å². The number of carbonyl (C=O) groups excluding carboxylic acids is 3. The highest BCUT2D eigenvalue weighted by Gasteiger charge is 2.69. The van der Waals surface area contributed by atoms with E-state index < -0.39 is 5.92 Å². The molecule has 1 saturated heterocycles. The number of carbonyl (C=O) groups is 3. The molecular formula is C36H31Cl2N3O6S2. The van der Waals surface area contributed by atoms with Gasteiger partial charge in [0.1, 0.15) is 0 Å². The van der Waals surface area contributed by atoms with E-state index in [-0.39, 0.29) is 64.0 Å². The summed E-state index contributed by atoms with van der Waals surface area (Å²) >= 11 is 14.9. The molecule has 7 atom stereocenters. The van der Waals surface area contributed by atoms with E-state index in [0.29, 0.717) is 39.5 Å². The van der Waals surface area contributed by atoms with Crippen molar-refractivity contribution in [1.82, 2.24) is 4.98 Å². The Morgan fingerprint density at radius 2 is 1.69 bits per heavy atom. The lowest BCUT2D eigenvalue weighted by atomic mass is 9.68. The van der Waals surface area contributed by atoms with Crippen LogP contribution in [0.5, 0.6) is 11.5 Å². The summed E-state index contributed by atoms with van der Waals surface area (Å²) < 4.78 is 12.0. The van der Waals surface area contributed by atoms with Crippen LogP contribution in [0, 0.1) is 36.5 Å². The number of amides is 3. The molecule has 2 aliphatic carbocycles. The maximum Gasteiger partial charge on any atom is 0.305 e. The van der Waals surface area contributed by atoms with Crippen LogP contribution in [0.4, 0.5) is 11.4 Å². The van der Waals surface area contributed by atoms with Crippen molar-refractivity contribution in [1.29, 1.82) is 0 Å². The molecule has 3 fully saturated rings. The van der Waals surface area contributed by atoms with Crippen molar-refractivity contribution in [2.75, 3.05) is 23.4 Å². The first kappa shape index (κ1) is 32.4. The van der Waals surface area contributed by atoms with Gasteiger partial charge in [0.25, 0.3) is 5.91 Å². The molecule has 2 saturated carbocycles. The minimum Gasteiger partial charge on any atom is -0.490 e. The van der Waals surface area contributed by atoms with Crippen LogP contribution in [0.3, 0.4) is 0 Å². The van der Waals surface area contributed by atoms with Gasteiger partial charge in [0.15, 0.2) is 18.1 Å². The smallest absolute Gasteiger partial charge is 0.305 e. The third kappa shape index (κ3) is 5.46. The molecule has 0 spiro atoms. The molecular weight excluding hydrogens is 705 g/mol. The van der Waals surface area contributed by atoms with Gasteiger partial charge in [-0.05, 0) is 86.1 Å². The predicted octanol–water partition coefficient (Wildman–Crippen LogP) is 7.15. The highest BCUT2D eigenvalue weighted by molar-refractivity contribution is 8.00. The summed E-state index contributed by atoms with van der Waals surface area (Å²) in [6, 6.07) is 18.0. The summed E-state index contributed by atoms with van der Waals surface area (Å²) in [5, 5.41) is 4.35. The van der Waals surface area contributed by atoms with E-state index in [1.165, 1.54) is 16.2 Å². The van der Waals surface area contributed by atoms with Gasteiger partial charge in [-0.25, -0.2) is 0 Å². The Labute approximate surface area is 300 Å². The lowest BCUT2D eigenvalue weighted by molar-refractivity contribution is -0.123. The molecule has 0 radical (unpaired) electrons. The molecule has 9 nitrogen and oxygen atoms in total. The first-order valence-electron chi connectivity index (χ1n) is 16.1. The summed E-state index contributed by atoms with van der Waals surface area (Å²) in [6.45, 7) is 3.94. The van der Waals surface area contributed by atoms with E-state index in [0.717, 1.165) is 27.5 Å². The quantitative estimate of drug-likeness (QED) is 0.185. The van der Waals surface area contributed by atoms with Crippen LogP contribution < -0.4 is 24.6 Å². The molecule has 2 bridgehead atoms. The highest BCUT2D eigenvalue weighted by Crippen LogP contribution is 2.68. The molecule has 4 aromatic rings. The van der Waals surface area contributed by atoms with E-state index >= 15 is 0 Å². The first-order valence-corrected chi connectivity index (χ1v) is 18.6. The fourth-order valence-electron chi connectivity index (χ4n) is 8.36. The first-order chi connectivity index (χ1) is 23.6. The number of aryl methyl sites for hydroxylation is 1. The van der Waals surface area contributed by atoms with Gasteiger partial charge in [0.2, 0.25) is 11.8 Å². The second-order valence-corrected chi connectivity index (χ2v) is 15.9. The molecule has 252 valence electrons. The number of aromatic amines is 1. The van der Waals surface area contributed by atoms with Crippen LogP contribution in [0.25, 0.3) is 0 Å². The normalized spacial score (nSPS) is 26.4. The monoisotopic (exact) mass is 735 g/mol. The van der Waals surface area contributed by atoms with Crippen LogP contribution in [-0.2, 0) is 14.4 Å². The Hall–Kier alpha value is -3.77. The van der Waals surface area contributed by atoms with Crippen molar-refractivity contribution in [3.8, 4) is 11.5 Å². The average molecular weight is 737 g/mol. The van der Waals surface area contributed by atoms with E-state index in [2.05, 4.69) is 10.3 Å². The number of thioether (sulfide) groups is 1. The molecule has 6 unspecified atom stereocenters. The predicted molar refractivity (Wildman–Crippen MR) is 190 cm³/mol. The Morgan fingerprint density at radius 3 is 2.43 bits per heavy atom. The van der Waals surface area contributed by atoms with E-state index in [9.17, 15) is 19.2 Å². The van der Waals surface area contributed by atoms with Crippen LogP contribution in [-0.4, -0.2) is 41.2 Å². The average Bonchev–Trinajstić information content (AvgIpc) is 3.81. The standard InChI is InChI=1S/C36H31Cl2N3O6S2/c1-3-46-25-12-17(6-11-24(25)47-15-26(42)39-18-7-10-22(37)23(38)13-18)27-28-20-14-21(31(28)48-33-32(27)49-36(45)40-33)30-29(20)34(43)41(35(30)44)19-8-4-16(2)5-9-19/h4-13,20-21,27-31H,3,14-15H2,1-2H3,(H,39,42)(H,40,45)/t20?,21?,27-,28?,29?,30?,31?/m1/s1. The number of ether oxygens (including phenoxy) is 2. The van der Waals surface area contributed by atoms with Gasteiger partial charge in [-0.15, -0.1) is 11.8 Å². The largest absolute Gasteiger partial charge is 0.490 e. The molecule has 2 aliphatic heterocycles. The second-order valence-electron chi connectivity index (χ2n) is 12.9. The molecule has 2 N–H and O–H groups in total. The van der Waals surface area contributed by atoms with E-state index in [4.69, 9.17) is 32.7 Å². The highest BCUT2D eigenvalue weighted by atomic mass is 35.5. The SMILES string of the molecule is CCOc1cc([C@H]2c3sc(=O)[nH]c3SC3C4CC(C5C(=O)N(c6ccc(C)cc6)C(=O)C45)C32)ccc1OCC(=O)Nc1ccc(Cl)c(Cl)c1. The second kappa shape index (κ2) is 12.5. The zero-order valence-electron chi connectivity index (χ0n) is 26.4. The summed E-state index contributed by atoms with van der Waals surface area (Å²) in [4.78, 5) is 58.7. The lowest BCUT2D eigenvalue weighted by Gasteiger charge is -2.43. The number of hydrogen-bond acceptors (Lipinski definition) is 8. The minimum atomic E-state index is -0.400. The maximum atomic E-state index is 14.1. The van der Waals surface area contributed by atoms with Gasteiger partial charge in [0, 0.05) is 21.7 Å². The zero-order chi connectivity index (χ0) is 34.1. The van der Waals surface area contributed by atoms with Crippen molar-refractivity contribution in [2.24, 2.45) is 29.6 Å². The van der Waals surface area contributed by atoms with Crippen molar-refractivity contribution < 1.29 is 23.9 Å². The number of benzene rings is 3. The number of H-pyrrole nitrogens is 1. The number of nitrogens with one attached hydrogen (secondary N) is 2. The summed E-state index contributed by atoms with van der Waals surface area (Å²) in [5.74, 6) is -0.691. The minimum absolute atomic E-state index is 0.0129. The van der Waals surface area contributed by atoms with Crippen LogP contribution in [0.2, 0.25) is 10.0 Å². The van der Waals surface area contributed by atoms with Crippen LogP contribution in [0.15, 0.2) is 70.5 Å². The number of nitrogens with zero attached hydrogens (tertiary/aromatic N) is 1. The van der Waals surface area contributed by atoms with Gasteiger partial charge >= 0.3 is 4.87 Å². The Morgan fingerprint density at radius 1 is 0.939 bits per heavy atom. The number of thiazole rings is 1. The van der Waals surface area contributed by atoms with Crippen LogP contribution in [0.1, 0.15) is 35.3 Å². The molecule has 3 aromatic carbocycles. The number of imide groups is 1. The fraction of sp³-hybridized carbons (Fsp3) is 0.333. The molecule has 1 aromatic heterocycles. The van der Waals surface area contributed by atoms with Crippen molar-refractivity contribution in [2.45, 2.75) is 36.5 Å². The van der Waals surface area contributed by atoms with Gasteiger partial charge in [-0.2, -0.15) is 0 Å². The summed E-state index contributed by atoms with van der Waals surface area (Å²) in [7, 11) is 0. The van der Waals surface area contributed by atoms with Gasteiger partial charge in [-0.3, -0.25) is 24.1 Å². The zero-order valence-corrected chi connectivity index (χ0v) is 29.6. The van der Waals surface area contributed by atoms with Crippen molar-refractivity contribution in [3.05, 3.63) is 96.4 Å². The third-order valence-corrected chi connectivity index (χ3v) is 13.5. The molecule has 4 aliphatic rings. The maximum absolute atomic E-state index is 14.1. The Bertz CT molecular complexity index is 2070. The number of halogens is 2. The summed E-state index contributed by atoms with van der Waals surface area (Å²) in [5.41, 5.74) is 3.10. The number of rotatable bonds is 8. The molecule has 3 heterocycles. The Kier molecular flexibility index (Phi) is 8.29. The Balaban J connectivity index is 1.09. The number of aromatic nitrogens is 1. The molecule has 13 heteroatoms.